The molecule has 0 radical (unpaired) electrons. The number of amides is 1. The standard InChI is InChI=1S/C19H21ClN2O3/c1-13(15-5-2-3-6-16(15)20)21-12-19(23)22-14-7-8-17-18(11-14)25-10-4-9-24-17/h2-3,5-8,11,13,21H,4,9-10,12H2,1H3,(H,22,23)/p+1/t13-/m1/s1. The Labute approximate surface area is 152 Å². The zero-order valence-corrected chi connectivity index (χ0v) is 14.9. The Morgan fingerprint density at radius 3 is 2.76 bits per heavy atom. The Morgan fingerprint density at radius 1 is 1.20 bits per heavy atom. The fraction of sp³-hybridized carbons (Fsp3) is 0.316. The summed E-state index contributed by atoms with van der Waals surface area (Å²) >= 11 is 6.20. The van der Waals surface area contributed by atoms with Gasteiger partial charge in [-0.15, -0.1) is 0 Å². The second kappa shape index (κ2) is 8.23. The maximum Gasteiger partial charge on any atom is 0.279 e. The molecule has 5 nitrogen and oxygen atoms in total. The number of benzene rings is 2. The van der Waals surface area contributed by atoms with Crippen molar-refractivity contribution in [3.63, 3.8) is 0 Å². The second-order valence-corrected chi connectivity index (χ2v) is 6.42. The van der Waals surface area contributed by atoms with Crippen molar-refractivity contribution in [2.75, 3.05) is 25.1 Å². The largest absolute Gasteiger partial charge is 0.490 e. The number of nitrogens with two attached hydrogens (primary N) is 1. The molecule has 3 rings (SSSR count). The van der Waals surface area contributed by atoms with Crippen molar-refractivity contribution < 1.29 is 19.6 Å². The van der Waals surface area contributed by atoms with E-state index in [1.807, 2.05) is 48.6 Å². The molecule has 1 atom stereocenters. The summed E-state index contributed by atoms with van der Waals surface area (Å²) in [7, 11) is 0. The zero-order chi connectivity index (χ0) is 17.6. The maximum absolute atomic E-state index is 12.2. The van der Waals surface area contributed by atoms with Gasteiger partial charge in [0.15, 0.2) is 18.0 Å². The fourth-order valence-corrected chi connectivity index (χ4v) is 3.02. The van der Waals surface area contributed by atoms with Gasteiger partial charge < -0.3 is 20.1 Å². The molecule has 0 aliphatic carbocycles. The summed E-state index contributed by atoms with van der Waals surface area (Å²) in [6, 6.07) is 13.2. The van der Waals surface area contributed by atoms with Gasteiger partial charge >= 0.3 is 0 Å². The molecule has 1 heterocycles. The van der Waals surface area contributed by atoms with E-state index in [1.54, 1.807) is 6.07 Å². The molecular formula is C19H22ClN2O3+. The predicted molar refractivity (Wildman–Crippen MR) is 97.3 cm³/mol. The summed E-state index contributed by atoms with van der Waals surface area (Å²) in [5, 5.41) is 5.57. The molecule has 0 saturated heterocycles. The maximum atomic E-state index is 12.2. The molecule has 0 spiro atoms. The van der Waals surface area contributed by atoms with E-state index >= 15 is 0 Å². The Hall–Kier alpha value is -2.24. The lowest BCUT2D eigenvalue weighted by atomic mass is 10.1. The van der Waals surface area contributed by atoms with Crippen molar-refractivity contribution in [1.29, 1.82) is 0 Å². The molecule has 0 aromatic heterocycles. The van der Waals surface area contributed by atoms with Crippen LogP contribution in [-0.2, 0) is 4.79 Å². The van der Waals surface area contributed by atoms with Crippen LogP contribution in [0.4, 0.5) is 5.69 Å². The van der Waals surface area contributed by atoms with Crippen molar-refractivity contribution in [2.45, 2.75) is 19.4 Å². The van der Waals surface area contributed by atoms with Gasteiger partial charge in [-0.25, -0.2) is 0 Å². The molecule has 6 heteroatoms. The summed E-state index contributed by atoms with van der Waals surface area (Å²) in [4.78, 5) is 12.2. The summed E-state index contributed by atoms with van der Waals surface area (Å²) < 4.78 is 11.2. The van der Waals surface area contributed by atoms with Crippen LogP contribution in [-0.4, -0.2) is 25.7 Å². The third kappa shape index (κ3) is 4.65. The SMILES string of the molecule is C[C@@H]([NH2+]CC(=O)Nc1ccc2c(c1)OCCCO2)c1ccccc1Cl. The van der Waals surface area contributed by atoms with Gasteiger partial charge in [0.25, 0.3) is 5.91 Å². The molecule has 0 unspecified atom stereocenters. The van der Waals surface area contributed by atoms with Crippen molar-refractivity contribution in [3.05, 3.63) is 53.1 Å². The van der Waals surface area contributed by atoms with E-state index in [4.69, 9.17) is 21.1 Å². The molecule has 2 aromatic carbocycles. The highest BCUT2D eigenvalue weighted by molar-refractivity contribution is 6.31. The highest BCUT2D eigenvalue weighted by atomic mass is 35.5. The van der Waals surface area contributed by atoms with Gasteiger partial charge in [-0.2, -0.15) is 0 Å². The van der Waals surface area contributed by atoms with Gasteiger partial charge in [0.2, 0.25) is 0 Å². The molecule has 0 saturated carbocycles. The lowest BCUT2D eigenvalue weighted by Gasteiger charge is -2.13. The number of quaternary nitrogens is 1. The van der Waals surface area contributed by atoms with E-state index in [0.29, 0.717) is 31.2 Å². The molecule has 2 aromatic rings. The number of nitrogens with one attached hydrogen (secondary N) is 1. The second-order valence-electron chi connectivity index (χ2n) is 6.01. The average Bonchev–Trinajstić information content (AvgIpc) is 2.85. The normalized spacial score (nSPS) is 14.5. The predicted octanol–water partition coefficient (Wildman–Crippen LogP) is 2.76. The number of fused-ring (bicyclic) bond motifs is 1. The monoisotopic (exact) mass is 361 g/mol. The number of hydrogen-bond acceptors (Lipinski definition) is 3. The first kappa shape index (κ1) is 17.6. The number of anilines is 1. The van der Waals surface area contributed by atoms with E-state index in [-0.39, 0.29) is 11.9 Å². The van der Waals surface area contributed by atoms with Crippen LogP contribution in [0.3, 0.4) is 0 Å². The van der Waals surface area contributed by atoms with Crippen LogP contribution in [0.1, 0.15) is 24.9 Å². The van der Waals surface area contributed by atoms with Gasteiger partial charge in [-0.1, -0.05) is 29.8 Å². The van der Waals surface area contributed by atoms with Crippen molar-refractivity contribution >= 4 is 23.2 Å². The topological polar surface area (TPSA) is 64.2 Å². The molecule has 1 aliphatic rings. The molecular weight excluding hydrogens is 340 g/mol. The summed E-state index contributed by atoms with van der Waals surface area (Å²) in [5.41, 5.74) is 1.72. The van der Waals surface area contributed by atoms with Gasteiger partial charge in [0.05, 0.1) is 13.2 Å². The first-order valence-electron chi connectivity index (χ1n) is 8.41. The molecule has 0 fully saturated rings. The van der Waals surface area contributed by atoms with E-state index in [1.165, 1.54) is 0 Å². The van der Waals surface area contributed by atoms with Crippen molar-refractivity contribution in [3.8, 4) is 11.5 Å². The van der Waals surface area contributed by atoms with Gasteiger partial charge in [0.1, 0.15) is 6.04 Å². The molecule has 1 amide bonds. The van der Waals surface area contributed by atoms with Crippen LogP contribution in [0.25, 0.3) is 0 Å². The van der Waals surface area contributed by atoms with Gasteiger partial charge in [0, 0.05) is 28.8 Å². The average molecular weight is 362 g/mol. The van der Waals surface area contributed by atoms with Crippen molar-refractivity contribution in [2.24, 2.45) is 0 Å². The molecule has 0 bridgehead atoms. The van der Waals surface area contributed by atoms with Crippen molar-refractivity contribution in [1.82, 2.24) is 0 Å². The Balaban J connectivity index is 1.56. The van der Waals surface area contributed by atoms with Crippen LogP contribution in [0.2, 0.25) is 5.02 Å². The number of ether oxygens (including phenoxy) is 2. The lowest BCUT2D eigenvalue weighted by Crippen LogP contribution is -2.86. The first-order chi connectivity index (χ1) is 12.1. The van der Waals surface area contributed by atoms with Gasteiger partial charge in [-0.3, -0.25) is 4.79 Å². The van der Waals surface area contributed by atoms with Crippen LogP contribution in [0.15, 0.2) is 42.5 Å². The van der Waals surface area contributed by atoms with E-state index in [9.17, 15) is 4.79 Å². The third-order valence-electron chi connectivity index (χ3n) is 4.08. The Bertz CT molecular complexity index is 751. The van der Waals surface area contributed by atoms with Crippen LogP contribution in [0.5, 0.6) is 11.5 Å². The molecule has 3 N–H and O–H groups in total. The van der Waals surface area contributed by atoms with E-state index in [0.717, 1.165) is 22.8 Å². The number of carbonyl (C=O) groups excluding carboxylic acids is 1. The van der Waals surface area contributed by atoms with E-state index in [2.05, 4.69) is 5.32 Å². The summed E-state index contributed by atoms with van der Waals surface area (Å²) in [5.74, 6) is 1.31. The van der Waals surface area contributed by atoms with Gasteiger partial charge in [-0.05, 0) is 25.1 Å². The van der Waals surface area contributed by atoms with E-state index < -0.39 is 0 Å². The smallest absolute Gasteiger partial charge is 0.279 e. The van der Waals surface area contributed by atoms with Crippen LogP contribution >= 0.6 is 11.6 Å². The number of halogens is 1. The fourth-order valence-electron chi connectivity index (χ4n) is 2.71. The molecule has 132 valence electrons. The van der Waals surface area contributed by atoms with Crippen LogP contribution in [0, 0.1) is 0 Å². The highest BCUT2D eigenvalue weighted by Crippen LogP contribution is 2.32. The Kier molecular flexibility index (Phi) is 5.79. The molecule has 1 aliphatic heterocycles. The highest BCUT2D eigenvalue weighted by Gasteiger charge is 2.15. The minimum absolute atomic E-state index is 0.0756. The molecule has 25 heavy (non-hydrogen) atoms. The van der Waals surface area contributed by atoms with Crippen LogP contribution < -0.4 is 20.1 Å². The summed E-state index contributed by atoms with van der Waals surface area (Å²) in [6.45, 7) is 3.60. The number of rotatable bonds is 5. The Morgan fingerprint density at radius 2 is 1.96 bits per heavy atom. The minimum atomic E-state index is -0.0756. The first-order valence-corrected chi connectivity index (χ1v) is 8.78. The lowest BCUT2D eigenvalue weighted by molar-refractivity contribution is -0.682. The number of hydrogen-bond donors (Lipinski definition) is 2. The number of carbonyl (C=O) groups is 1. The summed E-state index contributed by atoms with van der Waals surface area (Å²) in [6.07, 6.45) is 0.852. The zero-order valence-electron chi connectivity index (χ0n) is 14.1. The quantitative estimate of drug-likeness (QED) is 0.860. The minimum Gasteiger partial charge on any atom is -0.490 e. The third-order valence-corrected chi connectivity index (χ3v) is 4.43.